The molecule has 1 aromatic rings. The molecule has 0 amide bonds. The van der Waals surface area contributed by atoms with Crippen molar-refractivity contribution in [1.82, 2.24) is 4.31 Å². The van der Waals surface area contributed by atoms with E-state index in [2.05, 4.69) is 0 Å². The number of hydrogen-bond acceptors (Lipinski definition) is 5. The van der Waals surface area contributed by atoms with Crippen molar-refractivity contribution in [2.75, 3.05) is 13.1 Å². The lowest BCUT2D eigenvalue weighted by Gasteiger charge is -2.20. The Bertz CT molecular complexity index is 656. The highest BCUT2D eigenvalue weighted by atomic mass is 32.2. The molecule has 0 radical (unpaired) electrons. The third kappa shape index (κ3) is 3.99. The summed E-state index contributed by atoms with van der Waals surface area (Å²) in [4.78, 5) is 20.6. The second-order valence-electron chi connectivity index (χ2n) is 4.44. The number of hydrogen-bond donors (Lipinski definition) is 1. The smallest absolute Gasteiger partial charge is 0.318 e. The van der Waals surface area contributed by atoms with E-state index >= 15 is 0 Å². The van der Waals surface area contributed by atoms with Gasteiger partial charge in [0.05, 0.1) is 9.82 Å². The summed E-state index contributed by atoms with van der Waals surface area (Å²) < 4.78 is 25.8. The zero-order chi connectivity index (χ0) is 16.2. The summed E-state index contributed by atoms with van der Waals surface area (Å²) in [6, 6.07) is 3.49. The van der Waals surface area contributed by atoms with Crippen molar-refractivity contribution in [2.24, 2.45) is 0 Å². The molecule has 0 aliphatic heterocycles. The number of non-ortho nitro benzene ring substituents is 1. The van der Waals surface area contributed by atoms with Gasteiger partial charge in [-0.05, 0) is 18.9 Å². The van der Waals surface area contributed by atoms with Gasteiger partial charge in [0.25, 0.3) is 5.69 Å². The van der Waals surface area contributed by atoms with Crippen molar-refractivity contribution < 1.29 is 23.2 Å². The van der Waals surface area contributed by atoms with Crippen molar-refractivity contribution >= 4 is 21.7 Å². The maximum absolute atomic E-state index is 12.5. The lowest BCUT2D eigenvalue weighted by atomic mass is 10.2. The molecule has 8 nitrogen and oxygen atoms in total. The fourth-order valence-electron chi connectivity index (χ4n) is 1.80. The minimum Gasteiger partial charge on any atom is -0.480 e. The summed E-state index contributed by atoms with van der Waals surface area (Å²) >= 11 is 0. The maximum atomic E-state index is 12.5. The number of aryl methyl sites for hydroxylation is 1. The number of rotatable bonds is 7. The standard InChI is InChI=1S/C12H16N2O6S/c1-3-6-13(8-12(15)16)21(19,20)11-7-10(14(17)18)5-4-9(11)2/h4-5,7H,3,6,8H2,1-2H3,(H,15,16). The van der Waals surface area contributed by atoms with Crippen molar-refractivity contribution in [3.63, 3.8) is 0 Å². The van der Waals surface area contributed by atoms with E-state index in [0.717, 1.165) is 10.4 Å². The highest BCUT2D eigenvalue weighted by molar-refractivity contribution is 7.89. The number of nitro benzene ring substituents is 1. The Morgan fingerprint density at radius 3 is 2.52 bits per heavy atom. The topological polar surface area (TPSA) is 118 Å². The van der Waals surface area contributed by atoms with Crippen LogP contribution in [0.3, 0.4) is 0 Å². The molecule has 0 unspecified atom stereocenters. The average Bonchev–Trinajstić information content (AvgIpc) is 2.37. The van der Waals surface area contributed by atoms with Crippen LogP contribution >= 0.6 is 0 Å². The van der Waals surface area contributed by atoms with Crippen molar-refractivity contribution in [2.45, 2.75) is 25.2 Å². The molecule has 0 spiro atoms. The molecule has 0 bridgehead atoms. The summed E-state index contributed by atoms with van der Waals surface area (Å²) in [5, 5.41) is 19.6. The number of carbonyl (C=O) groups is 1. The van der Waals surface area contributed by atoms with Crippen molar-refractivity contribution in [3.8, 4) is 0 Å². The van der Waals surface area contributed by atoms with Crippen LogP contribution in [0.1, 0.15) is 18.9 Å². The van der Waals surface area contributed by atoms with Crippen LogP contribution in [0.5, 0.6) is 0 Å². The molecule has 0 saturated heterocycles. The van der Waals surface area contributed by atoms with E-state index in [1.54, 1.807) is 6.92 Å². The predicted molar refractivity (Wildman–Crippen MR) is 74.5 cm³/mol. The molecule has 0 aromatic heterocycles. The molecule has 0 aliphatic carbocycles. The van der Waals surface area contributed by atoms with Crippen LogP contribution in [-0.4, -0.2) is 41.8 Å². The second kappa shape index (κ2) is 6.64. The Morgan fingerprint density at radius 2 is 2.05 bits per heavy atom. The first-order chi connectivity index (χ1) is 9.70. The zero-order valence-corrected chi connectivity index (χ0v) is 12.5. The highest BCUT2D eigenvalue weighted by Crippen LogP contribution is 2.24. The minimum atomic E-state index is -4.10. The molecule has 0 aliphatic rings. The SMILES string of the molecule is CCCN(CC(=O)O)S(=O)(=O)c1cc([N+](=O)[O-])ccc1C. The Hall–Kier alpha value is -2.00. The van der Waals surface area contributed by atoms with E-state index in [1.165, 1.54) is 19.1 Å². The van der Waals surface area contributed by atoms with Gasteiger partial charge < -0.3 is 5.11 Å². The van der Waals surface area contributed by atoms with E-state index in [9.17, 15) is 23.3 Å². The predicted octanol–water partition coefficient (Wildman–Crippen LogP) is 1.39. The van der Waals surface area contributed by atoms with Gasteiger partial charge >= 0.3 is 5.97 Å². The summed E-state index contributed by atoms with van der Waals surface area (Å²) in [6.45, 7) is 2.56. The number of benzene rings is 1. The quantitative estimate of drug-likeness (QED) is 0.600. The molecule has 1 N–H and O–H groups in total. The first-order valence-corrected chi connectivity index (χ1v) is 7.61. The Morgan fingerprint density at radius 1 is 1.43 bits per heavy atom. The van der Waals surface area contributed by atoms with Gasteiger partial charge in [-0.15, -0.1) is 0 Å². The van der Waals surface area contributed by atoms with Gasteiger partial charge in [0.1, 0.15) is 6.54 Å². The van der Waals surface area contributed by atoms with Crippen molar-refractivity contribution in [3.05, 3.63) is 33.9 Å². The number of nitrogens with zero attached hydrogens (tertiary/aromatic N) is 2. The largest absolute Gasteiger partial charge is 0.480 e. The molecule has 1 aromatic carbocycles. The zero-order valence-electron chi connectivity index (χ0n) is 11.6. The number of carboxylic acids is 1. The van der Waals surface area contributed by atoms with Crippen LogP contribution < -0.4 is 0 Å². The van der Waals surface area contributed by atoms with Gasteiger partial charge in [-0.2, -0.15) is 4.31 Å². The summed E-state index contributed by atoms with van der Waals surface area (Å²) in [6.07, 6.45) is 0.431. The second-order valence-corrected chi connectivity index (χ2v) is 6.35. The van der Waals surface area contributed by atoms with Gasteiger partial charge in [0.15, 0.2) is 0 Å². The molecule has 0 heterocycles. The fraction of sp³-hybridized carbons (Fsp3) is 0.417. The molecule has 0 atom stereocenters. The Labute approximate surface area is 122 Å². The number of nitro groups is 1. The third-order valence-electron chi connectivity index (χ3n) is 2.78. The maximum Gasteiger partial charge on any atom is 0.318 e. The fourth-order valence-corrected chi connectivity index (χ4v) is 3.53. The summed E-state index contributed by atoms with van der Waals surface area (Å²) in [5.74, 6) is -1.28. The van der Waals surface area contributed by atoms with Crippen LogP contribution in [0.15, 0.2) is 23.1 Å². The van der Waals surface area contributed by atoms with Gasteiger partial charge in [-0.1, -0.05) is 13.0 Å². The molecule has 0 fully saturated rings. The number of carboxylic acid groups (broad SMARTS) is 1. The number of aliphatic carboxylic acids is 1. The molecule has 116 valence electrons. The van der Waals surface area contributed by atoms with Crippen LogP contribution in [0.25, 0.3) is 0 Å². The van der Waals surface area contributed by atoms with Crippen molar-refractivity contribution in [1.29, 1.82) is 0 Å². The molecule has 1 rings (SSSR count). The van der Waals surface area contributed by atoms with E-state index < -0.39 is 27.5 Å². The minimum absolute atomic E-state index is 0.0246. The lowest BCUT2D eigenvalue weighted by Crippen LogP contribution is -2.36. The van der Waals surface area contributed by atoms with Crippen LogP contribution in [0, 0.1) is 17.0 Å². The summed E-state index contributed by atoms with van der Waals surface area (Å²) in [5.41, 5.74) is -0.0296. The van der Waals surface area contributed by atoms with E-state index in [-0.39, 0.29) is 17.1 Å². The monoisotopic (exact) mass is 316 g/mol. The van der Waals surface area contributed by atoms with E-state index in [0.29, 0.717) is 12.0 Å². The van der Waals surface area contributed by atoms with Gasteiger partial charge in [-0.3, -0.25) is 14.9 Å². The average molecular weight is 316 g/mol. The molecule has 21 heavy (non-hydrogen) atoms. The van der Waals surface area contributed by atoms with Gasteiger partial charge in [-0.25, -0.2) is 8.42 Å². The molecule has 9 heteroatoms. The molecular weight excluding hydrogens is 300 g/mol. The molecular formula is C12H16N2O6S. The van der Waals surface area contributed by atoms with E-state index in [4.69, 9.17) is 5.11 Å². The Balaban J connectivity index is 3.36. The lowest BCUT2D eigenvalue weighted by molar-refractivity contribution is -0.385. The third-order valence-corrected chi connectivity index (χ3v) is 4.77. The van der Waals surface area contributed by atoms with Crippen LogP contribution in [0.2, 0.25) is 0 Å². The molecule has 0 saturated carbocycles. The van der Waals surface area contributed by atoms with Crippen LogP contribution in [-0.2, 0) is 14.8 Å². The Kier molecular flexibility index (Phi) is 5.39. The van der Waals surface area contributed by atoms with Gasteiger partial charge in [0.2, 0.25) is 10.0 Å². The van der Waals surface area contributed by atoms with Gasteiger partial charge in [0, 0.05) is 18.7 Å². The first-order valence-electron chi connectivity index (χ1n) is 6.17. The number of sulfonamides is 1. The van der Waals surface area contributed by atoms with Crippen LogP contribution in [0.4, 0.5) is 5.69 Å². The highest BCUT2D eigenvalue weighted by Gasteiger charge is 2.28. The normalized spacial score (nSPS) is 11.6. The summed E-state index contributed by atoms with van der Waals surface area (Å²) in [7, 11) is -4.10. The first kappa shape index (κ1) is 17.1. The van der Waals surface area contributed by atoms with E-state index in [1.807, 2.05) is 0 Å².